The van der Waals surface area contributed by atoms with Gasteiger partial charge >= 0.3 is 0 Å². The van der Waals surface area contributed by atoms with Gasteiger partial charge in [0.15, 0.2) is 0 Å². The summed E-state index contributed by atoms with van der Waals surface area (Å²) < 4.78 is 2.17. The SMILES string of the molecule is CCCNC(Cc1nccn1CC)c1cnc(C)cn1. The van der Waals surface area contributed by atoms with Crippen LogP contribution < -0.4 is 5.32 Å². The third-order valence-corrected chi connectivity index (χ3v) is 3.33. The first-order valence-corrected chi connectivity index (χ1v) is 7.26. The zero-order chi connectivity index (χ0) is 14.4. The first-order chi connectivity index (χ1) is 9.74. The number of aromatic nitrogens is 4. The van der Waals surface area contributed by atoms with Gasteiger partial charge in [0, 0.05) is 31.6 Å². The van der Waals surface area contributed by atoms with Crippen LogP contribution >= 0.6 is 0 Å². The first-order valence-electron chi connectivity index (χ1n) is 7.26. The molecule has 0 aromatic carbocycles. The van der Waals surface area contributed by atoms with E-state index in [4.69, 9.17) is 0 Å². The molecule has 0 aliphatic rings. The van der Waals surface area contributed by atoms with E-state index in [1.54, 1.807) is 0 Å². The molecule has 1 unspecified atom stereocenters. The predicted octanol–water partition coefficient (Wildman–Crippen LogP) is 2.28. The molecular formula is C15H23N5. The van der Waals surface area contributed by atoms with E-state index in [2.05, 4.69) is 38.7 Å². The van der Waals surface area contributed by atoms with E-state index in [0.717, 1.165) is 43.1 Å². The third-order valence-electron chi connectivity index (χ3n) is 3.33. The highest BCUT2D eigenvalue weighted by Crippen LogP contribution is 2.15. The van der Waals surface area contributed by atoms with Gasteiger partial charge < -0.3 is 9.88 Å². The Morgan fingerprint density at radius 3 is 2.70 bits per heavy atom. The Morgan fingerprint density at radius 1 is 1.20 bits per heavy atom. The standard InChI is InChI=1S/C15H23N5/c1-4-6-16-13(14-11-18-12(3)10-19-14)9-15-17-7-8-20(15)5-2/h7-8,10-11,13,16H,4-6,9H2,1-3H3. The molecular weight excluding hydrogens is 250 g/mol. The number of aryl methyl sites for hydroxylation is 2. The molecule has 2 rings (SSSR count). The minimum absolute atomic E-state index is 0.163. The Kier molecular flexibility index (Phi) is 5.24. The van der Waals surface area contributed by atoms with Gasteiger partial charge in [-0.1, -0.05) is 6.92 Å². The molecule has 0 fully saturated rings. The van der Waals surface area contributed by atoms with E-state index >= 15 is 0 Å². The van der Waals surface area contributed by atoms with Gasteiger partial charge in [-0.25, -0.2) is 4.98 Å². The van der Waals surface area contributed by atoms with Gasteiger partial charge in [-0.05, 0) is 26.8 Å². The predicted molar refractivity (Wildman–Crippen MR) is 79.4 cm³/mol. The molecule has 2 aromatic heterocycles. The lowest BCUT2D eigenvalue weighted by atomic mass is 10.1. The average molecular weight is 273 g/mol. The van der Waals surface area contributed by atoms with Crippen molar-refractivity contribution in [3.8, 4) is 0 Å². The minimum Gasteiger partial charge on any atom is -0.335 e. The molecule has 0 saturated carbocycles. The van der Waals surface area contributed by atoms with Crippen LogP contribution in [0.2, 0.25) is 0 Å². The molecule has 1 atom stereocenters. The maximum atomic E-state index is 4.51. The fourth-order valence-corrected chi connectivity index (χ4v) is 2.18. The summed E-state index contributed by atoms with van der Waals surface area (Å²) in [5.74, 6) is 1.09. The van der Waals surface area contributed by atoms with Crippen LogP contribution in [0.1, 0.15) is 43.5 Å². The smallest absolute Gasteiger partial charge is 0.110 e. The van der Waals surface area contributed by atoms with Crippen molar-refractivity contribution in [2.45, 2.75) is 46.2 Å². The molecule has 0 bridgehead atoms. The zero-order valence-electron chi connectivity index (χ0n) is 12.5. The summed E-state index contributed by atoms with van der Waals surface area (Å²) in [5, 5.41) is 3.54. The quantitative estimate of drug-likeness (QED) is 0.841. The lowest BCUT2D eigenvalue weighted by Crippen LogP contribution is -2.26. The molecule has 1 N–H and O–H groups in total. The molecule has 0 spiro atoms. The first kappa shape index (κ1) is 14.7. The molecule has 2 aromatic rings. The molecule has 0 aliphatic carbocycles. The number of rotatable bonds is 7. The molecule has 20 heavy (non-hydrogen) atoms. The lowest BCUT2D eigenvalue weighted by molar-refractivity contribution is 0.495. The van der Waals surface area contributed by atoms with E-state index < -0.39 is 0 Å². The molecule has 0 radical (unpaired) electrons. The van der Waals surface area contributed by atoms with Gasteiger partial charge in [0.05, 0.1) is 23.6 Å². The summed E-state index contributed by atoms with van der Waals surface area (Å²) in [6.45, 7) is 8.15. The van der Waals surface area contributed by atoms with Gasteiger partial charge in [0.25, 0.3) is 0 Å². The van der Waals surface area contributed by atoms with E-state index in [0.29, 0.717) is 0 Å². The number of hydrogen-bond acceptors (Lipinski definition) is 4. The van der Waals surface area contributed by atoms with Crippen LogP contribution in [0.5, 0.6) is 0 Å². The highest BCUT2D eigenvalue weighted by Gasteiger charge is 2.16. The van der Waals surface area contributed by atoms with Crippen LogP contribution in [0.25, 0.3) is 0 Å². The van der Waals surface area contributed by atoms with Gasteiger partial charge in [0.2, 0.25) is 0 Å². The van der Waals surface area contributed by atoms with Crippen molar-refractivity contribution in [1.29, 1.82) is 0 Å². The van der Waals surface area contributed by atoms with Gasteiger partial charge in [0.1, 0.15) is 5.82 Å². The summed E-state index contributed by atoms with van der Waals surface area (Å²) >= 11 is 0. The molecule has 108 valence electrons. The topological polar surface area (TPSA) is 55.6 Å². The second-order valence-electron chi connectivity index (χ2n) is 4.92. The number of nitrogens with one attached hydrogen (secondary N) is 1. The van der Waals surface area contributed by atoms with Crippen molar-refractivity contribution in [1.82, 2.24) is 24.8 Å². The summed E-state index contributed by atoms with van der Waals surface area (Å²) in [4.78, 5) is 13.3. The normalized spacial score (nSPS) is 12.6. The number of imidazole rings is 1. The Labute approximate surface area is 120 Å². The summed E-state index contributed by atoms with van der Waals surface area (Å²) in [7, 11) is 0. The second kappa shape index (κ2) is 7.14. The fourth-order valence-electron chi connectivity index (χ4n) is 2.18. The molecule has 0 amide bonds. The van der Waals surface area contributed by atoms with Crippen LogP contribution in [-0.2, 0) is 13.0 Å². The van der Waals surface area contributed by atoms with Gasteiger partial charge in [-0.3, -0.25) is 9.97 Å². The minimum atomic E-state index is 0.163. The molecule has 5 heteroatoms. The molecule has 0 saturated heterocycles. The zero-order valence-corrected chi connectivity index (χ0v) is 12.5. The average Bonchev–Trinajstić information content (AvgIpc) is 2.91. The highest BCUT2D eigenvalue weighted by atomic mass is 15.1. The number of hydrogen-bond donors (Lipinski definition) is 1. The van der Waals surface area contributed by atoms with E-state index in [1.807, 2.05) is 31.7 Å². The Balaban J connectivity index is 2.17. The van der Waals surface area contributed by atoms with Gasteiger partial charge in [-0.2, -0.15) is 0 Å². The van der Waals surface area contributed by atoms with Gasteiger partial charge in [-0.15, -0.1) is 0 Å². The summed E-state index contributed by atoms with van der Waals surface area (Å²) in [6.07, 6.45) is 9.49. The third kappa shape index (κ3) is 3.63. The molecule has 5 nitrogen and oxygen atoms in total. The Morgan fingerprint density at radius 2 is 2.05 bits per heavy atom. The Hall–Kier alpha value is -1.75. The summed E-state index contributed by atoms with van der Waals surface area (Å²) in [6, 6.07) is 0.163. The highest BCUT2D eigenvalue weighted by molar-refractivity contribution is 5.09. The van der Waals surface area contributed by atoms with Crippen molar-refractivity contribution in [3.05, 3.63) is 42.0 Å². The van der Waals surface area contributed by atoms with E-state index in [1.165, 1.54) is 0 Å². The van der Waals surface area contributed by atoms with Crippen molar-refractivity contribution < 1.29 is 0 Å². The van der Waals surface area contributed by atoms with Crippen LogP contribution in [0.4, 0.5) is 0 Å². The monoisotopic (exact) mass is 273 g/mol. The van der Waals surface area contributed by atoms with Crippen molar-refractivity contribution in [3.63, 3.8) is 0 Å². The molecule has 0 aliphatic heterocycles. The van der Waals surface area contributed by atoms with Crippen LogP contribution in [0.15, 0.2) is 24.8 Å². The maximum absolute atomic E-state index is 4.51. The van der Waals surface area contributed by atoms with Crippen molar-refractivity contribution in [2.24, 2.45) is 0 Å². The second-order valence-corrected chi connectivity index (χ2v) is 4.92. The maximum Gasteiger partial charge on any atom is 0.110 e. The van der Waals surface area contributed by atoms with Crippen LogP contribution in [0, 0.1) is 6.92 Å². The fraction of sp³-hybridized carbons (Fsp3) is 0.533. The van der Waals surface area contributed by atoms with Crippen molar-refractivity contribution >= 4 is 0 Å². The van der Waals surface area contributed by atoms with Crippen LogP contribution in [-0.4, -0.2) is 26.1 Å². The van der Waals surface area contributed by atoms with Crippen molar-refractivity contribution in [2.75, 3.05) is 6.54 Å². The lowest BCUT2D eigenvalue weighted by Gasteiger charge is -2.18. The largest absolute Gasteiger partial charge is 0.335 e. The Bertz CT molecular complexity index is 517. The van der Waals surface area contributed by atoms with E-state index in [9.17, 15) is 0 Å². The van der Waals surface area contributed by atoms with Crippen LogP contribution in [0.3, 0.4) is 0 Å². The summed E-state index contributed by atoms with van der Waals surface area (Å²) in [5.41, 5.74) is 1.92. The van der Waals surface area contributed by atoms with E-state index in [-0.39, 0.29) is 6.04 Å². The number of nitrogens with zero attached hydrogens (tertiary/aromatic N) is 4. The molecule has 2 heterocycles.